The van der Waals surface area contributed by atoms with Crippen molar-refractivity contribution in [2.75, 3.05) is 5.75 Å². The summed E-state index contributed by atoms with van der Waals surface area (Å²) in [7, 11) is 0. The summed E-state index contributed by atoms with van der Waals surface area (Å²) < 4.78 is 2.90. The Bertz CT molecular complexity index is 1300. The van der Waals surface area contributed by atoms with E-state index in [4.69, 9.17) is 23.2 Å². The van der Waals surface area contributed by atoms with Crippen LogP contribution >= 0.6 is 50.9 Å². The molecular weight excluding hydrogens is 545 g/mol. The van der Waals surface area contributed by atoms with E-state index in [1.165, 1.54) is 18.0 Å². The zero-order chi connectivity index (χ0) is 23.2. The lowest BCUT2D eigenvalue weighted by atomic mass is 10.2. The Morgan fingerprint density at radius 2 is 1.79 bits per heavy atom. The van der Waals surface area contributed by atoms with Gasteiger partial charge in [0.25, 0.3) is 5.91 Å². The van der Waals surface area contributed by atoms with Crippen LogP contribution in [-0.4, -0.2) is 32.6 Å². The van der Waals surface area contributed by atoms with Crippen molar-refractivity contribution < 1.29 is 4.79 Å². The van der Waals surface area contributed by atoms with Gasteiger partial charge < -0.3 is 0 Å². The Hall–Kier alpha value is -2.65. The van der Waals surface area contributed by atoms with Gasteiger partial charge in [0.05, 0.1) is 22.0 Å². The molecule has 4 aromatic rings. The SMILES string of the molecule is O=C(CSc1nnc(-c2ccccc2)n1-c1ccc(Br)cc1)NN=Cc1ccc(Cl)c(Cl)c1. The van der Waals surface area contributed by atoms with Gasteiger partial charge in [0, 0.05) is 15.7 Å². The lowest BCUT2D eigenvalue weighted by Gasteiger charge is -2.10. The average molecular weight is 561 g/mol. The molecule has 10 heteroatoms. The van der Waals surface area contributed by atoms with Crippen molar-refractivity contribution in [2.24, 2.45) is 5.10 Å². The van der Waals surface area contributed by atoms with Crippen LogP contribution in [0.4, 0.5) is 0 Å². The van der Waals surface area contributed by atoms with E-state index in [0.717, 1.165) is 21.3 Å². The van der Waals surface area contributed by atoms with E-state index in [2.05, 4.69) is 36.7 Å². The molecule has 1 N–H and O–H groups in total. The molecule has 0 aliphatic carbocycles. The van der Waals surface area contributed by atoms with Crippen molar-refractivity contribution in [1.29, 1.82) is 0 Å². The summed E-state index contributed by atoms with van der Waals surface area (Å²) in [5.41, 5.74) is 5.05. The first-order valence-electron chi connectivity index (χ1n) is 9.68. The molecule has 3 aromatic carbocycles. The molecule has 0 bridgehead atoms. The number of halogens is 3. The Morgan fingerprint density at radius 3 is 2.52 bits per heavy atom. The summed E-state index contributed by atoms with van der Waals surface area (Å²) in [6, 6.07) is 22.7. The molecule has 0 aliphatic heterocycles. The lowest BCUT2D eigenvalue weighted by Crippen LogP contribution is -2.20. The third-order valence-electron chi connectivity index (χ3n) is 4.43. The average Bonchev–Trinajstić information content (AvgIpc) is 3.25. The van der Waals surface area contributed by atoms with Crippen molar-refractivity contribution in [3.63, 3.8) is 0 Å². The maximum absolute atomic E-state index is 12.3. The summed E-state index contributed by atoms with van der Waals surface area (Å²) in [6.45, 7) is 0. The van der Waals surface area contributed by atoms with Gasteiger partial charge in [-0.15, -0.1) is 10.2 Å². The van der Waals surface area contributed by atoms with Crippen molar-refractivity contribution in [1.82, 2.24) is 20.2 Å². The molecule has 0 radical (unpaired) electrons. The molecule has 0 unspecified atom stereocenters. The lowest BCUT2D eigenvalue weighted by molar-refractivity contribution is -0.118. The topological polar surface area (TPSA) is 72.2 Å². The molecule has 6 nitrogen and oxygen atoms in total. The molecule has 0 saturated carbocycles. The Labute approximate surface area is 213 Å². The van der Waals surface area contributed by atoms with Crippen LogP contribution in [0.25, 0.3) is 17.1 Å². The molecule has 0 spiro atoms. The molecule has 1 heterocycles. The van der Waals surface area contributed by atoms with Gasteiger partial charge in [0.15, 0.2) is 11.0 Å². The first-order valence-corrected chi connectivity index (χ1v) is 12.2. The van der Waals surface area contributed by atoms with Gasteiger partial charge in [0.1, 0.15) is 0 Å². The number of hydrazone groups is 1. The quantitative estimate of drug-likeness (QED) is 0.165. The number of rotatable bonds is 7. The Morgan fingerprint density at radius 1 is 1.03 bits per heavy atom. The van der Waals surface area contributed by atoms with E-state index in [1.54, 1.807) is 18.2 Å². The number of hydrogen-bond acceptors (Lipinski definition) is 5. The summed E-state index contributed by atoms with van der Waals surface area (Å²) in [5.74, 6) is 0.531. The Kier molecular flexibility index (Phi) is 7.82. The van der Waals surface area contributed by atoms with Crippen LogP contribution in [0.1, 0.15) is 5.56 Å². The van der Waals surface area contributed by atoms with Crippen LogP contribution in [0, 0.1) is 0 Å². The number of hydrogen-bond donors (Lipinski definition) is 1. The van der Waals surface area contributed by atoms with E-state index < -0.39 is 0 Å². The van der Waals surface area contributed by atoms with Crippen LogP contribution in [0.15, 0.2) is 87.5 Å². The molecule has 33 heavy (non-hydrogen) atoms. The molecule has 0 saturated heterocycles. The summed E-state index contributed by atoms with van der Waals surface area (Å²) >= 11 is 16.6. The number of carbonyl (C=O) groups is 1. The zero-order valence-corrected chi connectivity index (χ0v) is 20.9. The molecule has 0 atom stereocenters. The predicted molar refractivity (Wildman–Crippen MR) is 137 cm³/mol. The number of amides is 1. The maximum atomic E-state index is 12.3. The molecule has 1 amide bonds. The zero-order valence-electron chi connectivity index (χ0n) is 17.0. The molecule has 0 aliphatic rings. The van der Waals surface area contributed by atoms with Gasteiger partial charge in [-0.2, -0.15) is 5.10 Å². The van der Waals surface area contributed by atoms with Crippen LogP contribution in [0.5, 0.6) is 0 Å². The highest BCUT2D eigenvalue weighted by atomic mass is 79.9. The molecule has 4 rings (SSSR count). The fourth-order valence-electron chi connectivity index (χ4n) is 2.89. The third-order valence-corrected chi connectivity index (χ3v) is 6.63. The minimum Gasteiger partial charge on any atom is -0.272 e. The van der Waals surface area contributed by atoms with Crippen molar-refractivity contribution in [3.8, 4) is 17.1 Å². The molecule has 166 valence electrons. The molecular formula is C23H16BrCl2N5OS. The van der Waals surface area contributed by atoms with Gasteiger partial charge in [-0.3, -0.25) is 9.36 Å². The number of thioether (sulfide) groups is 1. The van der Waals surface area contributed by atoms with E-state index in [-0.39, 0.29) is 11.7 Å². The number of carbonyl (C=O) groups excluding carboxylic acids is 1. The highest BCUT2D eigenvalue weighted by molar-refractivity contribution is 9.10. The summed E-state index contributed by atoms with van der Waals surface area (Å²) in [6.07, 6.45) is 1.50. The normalized spacial score (nSPS) is 11.1. The van der Waals surface area contributed by atoms with Crippen molar-refractivity contribution >= 4 is 63.0 Å². The van der Waals surface area contributed by atoms with Gasteiger partial charge in [-0.1, -0.05) is 87.3 Å². The summed E-state index contributed by atoms with van der Waals surface area (Å²) in [5, 5.41) is 14.2. The maximum Gasteiger partial charge on any atom is 0.250 e. The van der Waals surface area contributed by atoms with Gasteiger partial charge >= 0.3 is 0 Å². The monoisotopic (exact) mass is 559 g/mol. The van der Waals surface area contributed by atoms with Gasteiger partial charge in [-0.25, -0.2) is 5.43 Å². The van der Waals surface area contributed by atoms with Gasteiger partial charge in [0.2, 0.25) is 0 Å². The summed E-state index contributed by atoms with van der Waals surface area (Å²) in [4.78, 5) is 12.3. The van der Waals surface area contributed by atoms with Crippen LogP contribution < -0.4 is 5.43 Å². The van der Waals surface area contributed by atoms with E-state index in [1.807, 2.05) is 59.2 Å². The first kappa shape index (κ1) is 23.5. The van der Waals surface area contributed by atoms with E-state index in [9.17, 15) is 4.79 Å². The minimum atomic E-state index is -0.275. The highest BCUT2D eigenvalue weighted by Gasteiger charge is 2.17. The fourth-order valence-corrected chi connectivity index (χ4v) is 4.21. The second-order valence-corrected chi connectivity index (χ2v) is 9.41. The fraction of sp³-hybridized carbons (Fsp3) is 0.0435. The predicted octanol–water partition coefficient (Wildman–Crippen LogP) is 6.25. The second kappa shape index (κ2) is 11.0. The number of aromatic nitrogens is 3. The Balaban J connectivity index is 1.49. The molecule has 0 fully saturated rings. The largest absolute Gasteiger partial charge is 0.272 e. The number of nitrogens with one attached hydrogen (secondary N) is 1. The smallest absolute Gasteiger partial charge is 0.250 e. The second-order valence-electron chi connectivity index (χ2n) is 6.74. The number of nitrogens with zero attached hydrogens (tertiary/aromatic N) is 4. The van der Waals surface area contributed by atoms with Crippen LogP contribution in [0.3, 0.4) is 0 Å². The van der Waals surface area contributed by atoms with Crippen molar-refractivity contribution in [3.05, 3.63) is 92.9 Å². The van der Waals surface area contributed by atoms with Gasteiger partial charge in [-0.05, 0) is 42.0 Å². The number of benzene rings is 3. The van der Waals surface area contributed by atoms with Crippen LogP contribution in [-0.2, 0) is 4.79 Å². The van der Waals surface area contributed by atoms with Crippen molar-refractivity contribution in [2.45, 2.75) is 5.16 Å². The molecule has 1 aromatic heterocycles. The van der Waals surface area contributed by atoms with Crippen LogP contribution in [0.2, 0.25) is 10.0 Å². The standard InChI is InChI=1S/C23H16BrCl2N5OS/c24-17-7-9-18(10-8-17)31-22(16-4-2-1-3-5-16)29-30-23(31)33-14-21(32)28-27-13-15-6-11-19(25)20(26)12-15/h1-13H,14H2,(H,28,32). The van der Waals surface area contributed by atoms with E-state index in [0.29, 0.717) is 21.0 Å². The highest BCUT2D eigenvalue weighted by Crippen LogP contribution is 2.28. The third kappa shape index (κ3) is 6.03. The minimum absolute atomic E-state index is 0.113. The first-order chi connectivity index (χ1) is 16.0. The van der Waals surface area contributed by atoms with E-state index >= 15 is 0 Å².